The lowest BCUT2D eigenvalue weighted by atomic mass is 9.85. The Morgan fingerprint density at radius 1 is 1.02 bits per heavy atom. The molecule has 1 saturated heterocycles. The molecule has 2 aliphatic carbocycles. The molecule has 49 heavy (non-hydrogen) atoms. The average Bonchev–Trinajstić information content (AvgIpc) is 4.00. The van der Waals surface area contributed by atoms with E-state index in [0.717, 1.165) is 24.0 Å². The lowest BCUT2D eigenvalue weighted by Gasteiger charge is -2.35. The Morgan fingerprint density at radius 3 is 2.41 bits per heavy atom. The maximum absolute atomic E-state index is 14.6. The lowest BCUT2D eigenvalue weighted by molar-refractivity contribution is -0.145. The predicted octanol–water partition coefficient (Wildman–Crippen LogP) is 3.74. The Kier molecular flexibility index (Phi) is 9.59. The predicted molar refractivity (Wildman–Crippen MR) is 184 cm³/mol. The number of hydrogen-bond acceptors (Lipinski definition) is 7. The number of carbonyl (C=O) groups is 5. The van der Waals surface area contributed by atoms with Crippen LogP contribution in [0, 0.1) is 17.3 Å². The summed E-state index contributed by atoms with van der Waals surface area (Å²) in [7, 11) is 1.37. The van der Waals surface area contributed by atoms with E-state index in [9.17, 15) is 24.0 Å². The van der Waals surface area contributed by atoms with Crippen molar-refractivity contribution in [3.05, 3.63) is 70.7 Å². The van der Waals surface area contributed by atoms with Crippen molar-refractivity contribution in [2.75, 3.05) is 13.6 Å². The van der Waals surface area contributed by atoms with Gasteiger partial charge in [-0.3, -0.25) is 24.0 Å². The molecule has 0 bridgehead atoms. The highest BCUT2D eigenvalue weighted by molar-refractivity contribution is 6.38. The molecule has 260 valence electrons. The number of oxime groups is 1. The summed E-state index contributed by atoms with van der Waals surface area (Å²) in [4.78, 5) is 75.3. The smallest absolute Gasteiger partial charge is 0.289 e. The molecule has 2 aromatic rings. The summed E-state index contributed by atoms with van der Waals surface area (Å²) in [6.45, 7) is 5.65. The van der Waals surface area contributed by atoms with Gasteiger partial charge in [-0.1, -0.05) is 92.8 Å². The maximum Gasteiger partial charge on any atom is 0.289 e. The molecule has 0 unspecified atom stereocenters. The molecule has 2 aromatic carbocycles. The molecule has 1 spiro atoms. The summed E-state index contributed by atoms with van der Waals surface area (Å²) in [5.41, 5.74) is 0.767. The molecule has 3 fully saturated rings. The third kappa shape index (κ3) is 7.66. The van der Waals surface area contributed by atoms with Crippen LogP contribution in [0.3, 0.4) is 0 Å². The molecule has 2 saturated carbocycles. The van der Waals surface area contributed by atoms with E-state index in [-0.39, 0.29) is 36.6 Å². The molecule has 4 amide bonds. The molecule has 12 heteroatoms. The Balaban J connectivity index is 1.25. The number of benzene rings is 2. The van der Waals surface area contributed by atoms with Gasteiger partial charge in [-0.05, 0) is 47.8 Å². The van der Waals surface area contributed by atoms with E-state index in [1.54, 1.807) is 12.1 Å². The highest BCUT2D eigenvalue weighted by Gasteiger charge is 2.56. The number of rotatable bonds is 11. The monoisotopic (exact) mass is 689 g/mol. The highest BCUT2D eigenvalue weighted by atomic mass is 35.5. The van der Waals surface area contributed by atoms with E-state index in [0.29, 0.717) is 30.0 Å². The molecule has 0 radical (unpaired) electrons. The van der Waals surface area contributed by atoms with Gasteiger partial charge in [-0.2, -0.15) is 0 Å². The van der Waals surface area contributed by atoms with Crippen LogP contribution in [0.5, 0.6) is 0 Å². The Bertz CT molecular complexity index is 1670. The van der Waals surface area contributed by atoms with Gasteiger partial charge in [-0.25, -0.2) is 0 Å². The number of likely N-dealkylation sites (tertiary alicyclic amines) is 1. The van der Waals surface area contributed by atoms with E-state index in [1.807, 2.05) is 63.2 Å². The van der Waals surface area contributed by atoms with Crippen LogP contribution in [0.4, 0.5) is 0 Å². The van der Waals surface area contributed by atoms with Gasteiger partial charge in [0.2, 0.25) is 23.5 Å². The molecule has 6 rings (SSSR count). The van der Waals surface area contributed by atoms with Crippen molar-refractivity contribution in [2.45, 2.75) is 88.9 Å². The van der Waals surface area contributed by atoms with Crippen LogP contribution in [0.25, 0.3) is 0 Å². The van der Waals surface area contributed by atoms with Crippen molar-refractivity contribution in [1.29, 1.82) is 0 Å². The van der Waals surface area contributed by atoms with Crippen LogP contribution in [0.2, 0.25) is 5.02 Å². The van der Waals surface area contributed by atoms with Crippen LogP contribution >= 0.6 is 11.6 Å². The first-order chi connectivity index (χ1) is 23.3. The fourth-order valence-corrected chi connectivity index (χ4v) is 7.23. The number of halogens is 1. The zero-order valence-electron chi connectivity index (χ0n) is 28.3. The number of nitrogens with one attached hydrogen (secondary N) is 3. The SMILES string of the molecule is CNC(=O)C(=O)[C@H](CC1CC1)NC(=O)[C@@H]1C[C@]2(CC(c3cccc(Cl)c3)=NO2)CN1C(=O)[C@@H](NC(=O)[C@@H]1C[C@H]1c1ccccc1)C(C)(C)C. The van der Waals surface area contributed by atoms with Crippen molar-refractivity contribution in [3.8, 4) is 0 Å². The second-order valence-corrected chi connectivity index (χ2v) is 15.5. The summed E-state index contributed by atoms with van der Waals surface area (Å²) >= 11 is 6.25. The molecule has 2 heterocycles. The van der Waals surface area contributed by atoms with Gasteiger partial charge in [0.1, 0.15) is 12.1 Å². The number of carbonyl (C=O) groups excluding carboxylic acids is 5. The summed E-state index contributed by atoms with van der Waals surface area (Å²) in [5.74, 6) is -2.64. The van der Waals surface area contributed by atoms with E-state index >= 15 is 0 Å². The number of likely N-dealkylation sites (N-methyl/N-ethyl adjacent to an activating group) is 1. The minimum atomic E-state index is -1.04. The van der Waals surface area contributed by atoms with Gasteiger partial charge in [0, 0.05) is 36.4 Å². The summed E-state index contributed by atoms with van der Waals surface area (Å²) < 4.78 is 0. The van der Waals surface area contributed by atoms with Crippen molar-refractivity contribution in [3.63, 3.8) is 0 Å². The molecule has 3 N–H and O–H groups in total. The Morgan fingerprint density at radius 2 is 1.76 bits per heavy atom. The third-order valence-corrected chi connectivity index (χ3v) is 10.3. The summed E-state index contributed by atoms with van der Waals surface area (Å²) in [5, 5.41) is 13.1. The van der Waals surface area contributed by atoms with Gasteiger partial charge in [0.25, 0.3) is 5.91 Å². The van der Waals surface area contributed by atoms with Crippen LogP contribution < -0.4 is 16.0 Å². The average molecular weight is 690 g/mol. The zero-order valence-corrected chi connectivity index (χ0v) is 29.1. The molecule has 2 aliphatic heterocycles. The first kappa shape index (κ1) is 34.6. The Labute approximate surface area is 291 Å². The van der Waals surface area contributed by atoms with Crippen molar-refractivity contribution >= 4 is 46.7 Å². The van der Waals surface area contributed by atoms with Crippen LogP contribution in [0.15, 0.2) is 59.8 Å². The van der Waals surface area contributed by atoms with Crippen LogP contribution in [0.1, 0.15) is 76.3 Å². The molecular weight excluding hydrogens is 646 g/mol. The van der Waals surface area contributed by atoms with Gasteiger partial charge >= 0.3 is 0 Å². The second-order valence-electron chi connectivity index (χ2n) is 15.0. The highest BCUT2D eigenvalue weighted by Crippen LogP contribution is 2.48. The first-order valence-corrected chi connectivity index (χ1v) is 17.4. The molecule has 11 nitrogen and oxygen atoms in total. The van der Waals surface area contributed by atoms with Crippen LogP contribution in [-0.2, 0) is 28.8 Å². The third-order valence-electron chi connectivity index (χ3n) is 10.1. The Hall–Kier alpha value is -4.25. The second kappa shape index (κ2) is 13.6. The number of nitrogens with zero attached hydrogens (tertiary/aromatic N) is 2. The normalized spacial score (nSPS) is 25.5. The largest absolute Gasteiger partial charge is 0.387 e. The summed E-state index contributed by atoms with van der Waals surface area (Å²) in [6, 6.07) is 14.0. The standard InChI is InChI=1S/C37H44ClN5O6/c1-36(2,3)31(41-32(45)26-17-25(26)22-9-6-5-7-10-22)35(48)43-20-37(18-28(42-49-37)23-11-8-12-24(38)16-23)19-29(43)33(46)40-27(15-21-13-14-21)30(44)34(47)39-4/h5-12,16,21,25-27,29,31H,13-15,17-20H2,1-4H3,(H,39,47)(H,40,46)(H,41,45)/t25-,26+,27-,29-,31+,37+/m0/s1. The first-order valence-electron chi connectivity index (χ1n) is 17.0. The van der Waals surface area contributed by atoms with Crippen LogP contribution in [-0.4, -0.2) is 77.3 Å². The van der Waals surface area contributed by atoms with Crippen molar-refractivity contribution < 1.29 is 28.8 Å². The quantitative estimate of drug-likeness (QED) is 0.307. The fourth-order valence-electron chi connectivity index (χ4n) is 7.04. The number of ketones is 1. The van der Waals surface area contributed by atoms with E-state index < -0.39 is 52.6 Å². The maximum atomic E-state index is 14.6. The van der Waals surface area contributed by atoms with Gasteiger partial charge < -0.3 is 25.7 Å². The van der Waals surface area contributed by atoms with E-state index in [2.05, 4.69) is 21.1 Å². The molecule has 0 aromatic heterocycles. The lowest BCUT2D eigenvalue weighted by Crippen LogP contribution is -2.59. The number of hydrogen-bond donors (Lipinski definition) is 3. The number of amides is 4. The molecular formula is C37H44ClN5O6. The van der Waals surface area contributed by atoms with Gasteiger partial charge in [0.05, 0.1) is 18.3 Å². The van der Waals surface area contributed by atoms with Gasteiger partial charge in [0.15, 0.2) is 5.60 Å². The van der Waals surface area contributed by atoms with E-state index in [1.165, 1.54) is 11.9 Å². The topological polar surface area (TPSA) is 146 Å². The van der Waals surface area contributed by atoms with Gasteiger partial charge in [-0.15, -0.1) is 0 Å². The molecule has 4 aliphatic rings. The van der Waals surface area contributed by atoms with Crippen molar-refractivity contribution in [2.24, 2.45) is 22.4 Å². The van der Waals surface area contributed by atoms with E-state index in [4.69, 9.17) is 16.4 Å². The number of Topliss-reactive ketones (excluding diaryl/α,β-unsaturated/α-hetero) is 1. The minimum absolute atomic E-state index is 0.0344. The fraction of sp³-hybridized carbons (Fsp3) is 0.514. The summed E-state index contributed by atoms with van der Waals surface area (Å²) in [6.07, 6.45) is 3.29. The molecule has 6 atom stereocenters. The zero-order chi connectivity index (χ0) is 35.1. The van der Waals surface area contributed by atoms with Crippen molar-refractivity contribution in [1.82, 2.24) is 20.9 Å². The minimum Gasteiger partial charge on any atom is -0.387 e.